The van der Waals surface area contributed by atoms with E-state index in [-0.39, 0.29) is 17.9 Å². The Morgan fingerprint density at radius 3 is 1.03 bits per heavy atom. The molecule has 12 nitrogen and oxygen atoms in total. The van der Waals surface area contributed by atoms with Crippen molar-refractivity contribution in [1.82, 2.24) is 0 Å². The Morgan fingerprint density at radius 1 is 0.325 bits per heavy atom. The normalized spacial score (nSPS) is 10.5. The maximum Gasteiger partial charge on any atom is 0.336 e. The standard InChI is InChI=1S/C33H44O5.C32H38O7/c1-3-32(34)37-26-14-10-6-5-9-13-25-36-31-23-21-30(22-24-31)29-19-17-28(18-20-29)16-12-8-7-11-15-27-38-33(35)4-2;1-3-30(33)37-24-9-7-5-6-8-12-26-13-15-27(16-14-26)17-22-32(35)39-29-20-18-28(19-21-29)36-23-10-11-25-38-31(34)4-2/h3-4,17-24H,1-2,5-16,25-27H2;3-4,13-22H,1-2,5-12,23-25H2. The van der Waals surface area contributed by atoms with Crippen molar-refractivity contribution < 1.29 is 57.1 Å². The van der Waals surface area contributed by atoms with Crippen LogP contribution in [0, 0.1) is 0 Å². The van der Waals surface area contributed by atoms with Crippen LogP contribution >= 0.6 is 0 Å². The van der Waals surface area contributed by atoms with Gasteiger partial charge in [0.1, 0.15) is 17.2 Å². The third-order valence-corrected chi connectivity index (χ3v) is 12.1. The van der Waals surface area contributed by atoms with Gasteiger partial charge in [-0.2, -0.15) is 0 Å². The summed E-state index contributed by atoms with van der Waals surface area (Å²) in [5, 5.41) is 0. The van der Waals surface area contributed by atoms with Crippen LogP contribution in [0.4, 0.5) is 0 Å². The third kappa shape index (κ3) is 31.9. The van der Waals surface area contributed by atoms with E-state index < -0.39 is 11.9 Å². The van der Waals surface area contributed by atoms with Crippen LogP contribution in [0.1, 0.15) is 132 Å². The fraction of sp³-hybridized carbons (Fsp3) is 0.400. The number of esters is 5. The Hall–Kier alpha value is -7.47. The molecule has 0 radical (unpaired) electrons. The molecule has 0 fully saturated rings. The summed E-state index contributed by atoms with van der Waals surface area (Å²) >= 11 is 0. The third-order valence-electron chi connectivity index (χ3n) is 12.1. The highest BCUT2D eigenvalue weighted by atomic mass is 16.5. The summed E-state index contributed by atoms with van der Waals surface area (Å²) in [7, 11) is 0. The van der Waals surface area contributed by atoms with Crippen molar-refractivity contribution in [2.24, 2.45) is 0 Å². The van der Waals surface area contributed by atoms with Crippen molar-refractivity contribution in [1.29, 1.82) is 0 Å². The Bertz CT molecular complexity index is 2350. The van der Waals surface area contributed by atoms with Crippen molar-refractivity contribution in [2.75, 3.05) is 39.6 Å². The molecule has 0 aromatic heterocycles. The Kier molecular flexibility index (Phi) is 34.6. The van der Waals surface area contributed by atoms with Crippen LogP contribution in [-0.2, 0) is 55.8 Å². The molecule has 12 heteroatoms. The van der Waals surface area contributed by atoms with E-state index in [4.69, 9.17) is 33.2 Å². The fourth-order valence-corrected chi connectivity index (χ4v) is 7.67. The van der Waals surface area contributed by atoms with Crippen molar-refractivity contribution >= 4 is 35.9 Å². The summed E-state index contributed by atoms with van der Waals surface area (Å²) in [5.74, 6) is 0.0846. The van der Waals surface area contributed by atoms with Crippen molar-refractivity contribution in [3.05, 3.63) is 170 Å². The van der Waals surface area contributed by atoms with E-state index in [9.17, 15) is 24.0 Å². The Balaban J connectivity index is 0.000000405. The molecule has 0 N–H and O–H groups in total. The molecule has 414 valence electrons. The first-order valence-corrected chi connectivity index (χ1v) is 27.3. The highest BCUT2D eigenvalue weighted by Crippen LogP contribution is 2.24. The van der Waals surface area contributed by atoms with E-state index in [1.807, 2.05) is 24.3 Å². The minimum Gasteiger partial charge on any atom is -0.494 e. The fourth-order valence-electron chi connectivity index (χ4n) is 7.67. The molecular formula is C65H82O12. The second-order valence-corrected chi connectivity index (χ2v) is 18.2. The number of ether oxygens (including phenoxy) is 7. The summed E-state index contributed by atoms with van der Waals surface area (Å²) in [5.41, 5.74) is 5.96. The van der Waals surface area contributed by atoms with E-state index in [2.05, 4.69) is 74.8 Å². The topological polar surface area (TPSA) is 150 Å². The van der Waals surface area contributed by atoms with Gasteiger partial charge >= 0.3 is 29.8 Å². The number of rotatable bonds is 40. The first-order chi connectivity index (χ1) is 37.6. The van der Waals surface area contributed by atoms with E-state index in [1.54, 1.807) is 30.3 Å². The van der Waals surface area contributed by atoms with Gasteiger partial charge in [-0.25, -0.2) is 24.0 Å². The highest BCUT2D eigenvalue weighted by molar-refractivity contribution is 5.88. The second kappa shape index (κ2) is 41.7. The molecule has 0 amide bonds. The molecule has 0 heterocycles. The zero-order valence-electron chi connectivity index (χ0n) is 45.3. The highest BCUT2D eigenvalue weighted by Gasteiger charge is 2.05. The maximum atomic E-state index is 12.2. The first-order valence-electron chi connectivity index (χ1n) is 27.3. The van der Waals surface area contributed by atoms with Crippen LogP contribution in [0.15, 0.2) is 154 Å². The molecule has 0 bridgehead atoms. The van der Waals surface area contributed by atoms with Gasteiger partial charge in [0.25, 0.3) is 0 Å². The van der Waals surface area contributed by atoms with Crippen LogP contribution < -0.4 is 14.2 Å². The summed E-state index contributed by atoms with van der Waals surface area (Å²) in [4.78, 5) is 56.1. The van der Waals surface area contributed by atoms with Gasteiger partial charge < -0.3 is 33.2 Å². The zero-order chi connectivity index (χ0) is 55.4. The van der Waals surface area contributed by atoms with Gasteiger partial charge in [0, 0.05) is 30.4 Å². The quantitative estimate of drug-likeness (QED) is 0.0137. The molecule has 0 aliphatic carbocycles. The first kappa shape index (κ1) is 63.8. The van der Waals surface area contributed by atoms with E-state index >= 15 is 0 Å². The van der Waals surface area contributed by atoms with Gasteiger partial charge in [-0.05, 0) is 134 Å². The van der Waals surface area contributed by atoms with E-state index in [0.717, 1.165) is 127 Å². The number of carbonyl (C=O) groups excluding carboxylic acids is 5. The number of benzene rings is 4. The van der Waals surface area contributed by atoms with Gasteiger partial charge in [-0.3, -0.25) is 0 Å². The van der Waals surface area contributed by atoms with Crippen molar-refractivity contribution in [3.63, 3.8) is 0 Å². The molecule has 0 aliphatic rings. The molecule has 0 aliphatic heterocycles. The van der Waals surface area contributed by atoms with Crippen LogP contribution in [0.25, 0.3) is 17.2 Å². The molecule has 4 rings (SSSR count). The van der Waals surface area contributed by atoms with E-state index in [0.29, 0.717) is 51.0 Å². The molecule has 0 unspecified atom stereocenters. The zero-order valence-corrected chi connectivity index (χ0v) is 45.3. The van der Waals surface area contributed by atoms with E-state index in [1.165, 1.54) is 65.8 Å². The maximum absolute atomic E-state index is 12.2. The Morgan fingerprint density at radius 2 is 0.623 bits per heavy atom. The van der Waals surface area contributed by atoms with Gasteiger partial charge in [0.2, 0.25) is 0 Å². The van der Waals surface area contributed by atoms with Gasteiger partial charge in [0.15, 0.2) is 0 Å². The molecule has 0 saturated heterocycles. The summed E-state index contributed by atoms with van der Waals surface area (Å²) in [6.45, 7) is 16.5. The monoisotopic (exact) mass is 1050 g/mol. The lowest BCUT2D eigenvalue weighted by Crippen LogP contribution is -2.05. The van der Waals surface area contributed by atoms with Crippen LogP contribution in [0.3, 0.4) is 0 Å². The predicted molar refractivity (Wildman–Crippen MR) is 306 cm³/mol. The second-order valence-electron chi connectivity index (χ2n) is 18.2. The number of carbonyl (C=O) groups is 5. The minimum atomic E-state index is -0.457. The molecule has 0 spiro atoms. The largest absolute Gasteiger partial charge is 0.494 e. The van der Waals surface area contributed by atoms with Crippen LogP contribution in [-0.4, -0.2) is 69.5 Å². The summed E-state index contributed by atoms with van der Waals surface area (Å²) in [6, 6.07) is 32.1. The lowest BCUT2D eigenvalue weighted by atomic mass is 10.0. The molecule has 0 atom stereocenters. The molecular weight excluding hydrogens is 973 g/mol. The average molecular weight is 1060 g/mol. The smallest absolute Gasteiger partial charge is 0.336 e. The van der Waals surface area contributed by atoms with Crippen molar-refractivity contribution in [2.45, 2.75) is 128 Å². The van der Waals surface area contributed by atoms with Crippen molar-refractivity contribution in [3.8, 4) is 28.4 Å². The van der Waals surface area contributed by atoms with Gasteiger partial charge in [0.05, 0.1) is 39.6 Å². The lowest BCUT2D eigenvalue weighted by molar-refractivity contribution is -0.138. The minimum absolute atomic E-state index is 0.334. The van der Waals surface area contributed by atoms with Gasteiger partial charge in [-0.1, -0.05) is 151 Å². The molecule has 4 aromatic rings. The number of hydrogen-bond acceptors (Lipinski definition) is 12. The van der Waals surface area contributed by atoms with Crippen LogP contribution in [0.5, 0.6) is 17.2 Å². The molecule has 4 aromatic carbocycles. The summed E-state index contributed by atoms with van der Waals surface area (Å²) < 4.78 is 36.8. The predicted octanol–water partition coefficient (Wildman–Crippen LogP) is 14.4. The molecule has 77 heavy (non-hydrogen) atoms. The van der Waals surface area contributed by atoms with Crippen LogP contribution in [0.2, 0.25) is 0 Å². The number of aryl methyl sites for hydroxylation is 2. The number of hydrogen-bond donors (Lipinski definition) is 0. The molecule has 0 saturated carbocycles. The Labute approximate surface area is 458 Å². The van der Waals surface area contributed by atoms with Gasteiger partial charge in [-0.15, -0.1) is 0 Å². The SMILES string of the molecule is C=CC(=O)OCCCCCCCCOc1ccc(-c2ccc(CCCCCCCOC(=O)C=C)cc2)cc1.C=CC(=O)OCCCCCCCc1ccc(C=CC(=O)Oc2ccc(OCCCCOC(=O)C=C)cc2)cc1. The lowest BCUT2D eigenvalue weighted by Gasteiger charge is -2.08. The summed E-state index contributed by atoms with van der Waals surface area (Å²) in [6.07, 6.45) is 28.7. The number of unbranched alkanes of at least 4 members (excludes halogenated alkanes) is 14. The average Bonchev–Trinajstić information content (AvgIpc) is 3.46.